The molecule has 0 bridgehead atoms. The van der Waals surface area contributed by atoms with E-state index in [4.69, 9.17) is 9.73 Å². The van der Waals surface area contributed by atoms with E-state index in [1.165, 1.54) is 12.1 Å². The molecule has 1 heterocycles. The van der Waals surface area contributed by atoms with Gasteiger partial charge in [0.1, 0.15) is 0 Å². The summed E-state index contributed by atoms with van der Waals surface area (Å²) in [6.07, 6.45) is 3.33. The van der Waals surface area contributed by atoms with Gasteiger partial charge in [0, 0.05) is 44.8 Å². The van der Waals surface area contributed by atoms with Crippen LogP contribution in [0.4, 0.5) is 5.69 Å². The standard InChI is InChI=1S/C18H28N4O3/c1-3-4-10-21(2)18(20-13-16-9-11-25-14-16)19-12-15-5-7-17(8-6-15)22(23)24/h5-8,16H,3-4,9-14H2,1-2H3,(H,19,20). The van der Waals surface area contributed by atoms with Gasteiger partial charge in [-0.3, -0.25) is 10.1 Å². The van der Waals surface area contributed by atoms with Crippen LogP contribution in [0.5, 0.6) is 0 Å². The van der Waals surface area contributed by atoms with Crippen molar-refractivity contribution in [1.29, 1.82) is 0 Å². The van der Waals surface area contributed by atoms with Crippen molar-refractivity contribution in [2.24, 2.45) is 10.9 Å². The number of ether oxygens (including phenoxy) is 1. The van der Waals surface area contributed by atoms with Gasteiger partial charge in [0.05, 0.1) is 18.1 Å². The third kappa shape index (κ3) is 6.34. The lowest BCUT2D eigenvalue weighted by Gasteiger charge is -2.23. The third-order valence-electron chi connectivity index (χ3n) is 4.34. The molecule has 0 aromatic heterocycles. The summed E-state index contributed by atoms with van der Waals surface area (Å²) in [5.74, 6) is 1.41. The Morgan fingerprint density at radius 1 is 1.44 bits per heavy atom. The topological polar surface area (TPSA) is 80.0 Å². The van der Waals surface area contributed by atoms with E-state index in [-0.39, 0.29) is 10.6 Å². The summed E-state index contributed by atoms with van der Waals surface area (Å²) in [5, 5.41) is 14.2. The molecule has 1 N–H and O–H groups in total. The van der Waals surface area contributed by atoms with Crippen LogP contribution in [-0.4, -0.2) is 49.1 Å². The average Bonchev–Trinajstić information content (AvgIpc) is 3.13. The van der Waals surface area contributed by atoms with Crippen molar-refractivity contribution in [2.75, 3.05) is 33.4 Å². The van der Waals surface area contributed by atoms with Crippen LogP contribution >= 0.6 is 0 Å². The zero-order chi connectivity index (χ0) is 18.1. The van der Waals surface area contributed by atoms with Crippen LogP contribution in [0.3, 0.4) is 0 Å². The van der Waals surface area contributed by atoms with E-state index >= 15 is 0 Å². The Labute approximate surface area is 149 Å². The summed E-state index contributed by atoms with van der Waals surface area (Å²) in [5.41, 5.74) is 1.06. The first-order chi connectivity index (χ1) is 12.1. The van der Waals surface area contributed by atoms with Crippen LogP contribution < -0.4 is 5.32 Å². The molecule has 7 heteroatoms. The van der Waals surface area contributed by atoms with Crippen LogP contribution in [0.15, 0.2) is 29.3 Å². The fraction of sp³-hybridized carbons (Fsp3) is 0.611. The van der Waals surface area contributed by atoms with Crippen molar-refractivity contribution in [3.8, 4) is 0 Å². The van der Waals surface area contributed by atoms with E-state index in [0.29, 0.717) is 12.5 Å². The molecule has 1 aromatic carbocycles. The number of aliphatic imine (C=N–C) groups is 1. The van der Waals surface area contributed by atoms with Gasteiger partial charge in [-0.1, -0.05) is 25.5 Å². The lowest BCUT2D eigenvalue weighted by molar-refractivity contribution is -0.384. The van der Waals surface area contributed by atoms with Crippen molar-refractivity contribution in [2.45, 2.75) is 32.7 Å². The molecule has 0 amide bonds. The van der Waals surface area contributed by atoms with Crippen LogP contribution in [0.2, 0.25) is 0 Å². The molecule has 7 nitrogen and oxygen atoms in total. The van der Waals surface area contributed by atoms with E-state index < -0.39 is 0 Å². The summed E-state index contributed by atoms with van der Waals surface area (Å²) in [7, 11) is 2.04. The predicted molar refractivity (Wildman–Crippen MR) is 98.7 cm³/mol. The molecule has 1 aliphatic rings. The number of hydrogen-bond acceptors (Lipinski definition) is 4. The quantitative estimate of drug-likeness (QED) is 0.338. The highest BCUT2D eigenvalue weighted by molar-refractivity contribution is 5.79. The molecular formula is C18H28N4O3. The van der Waals surface area contributed by atoms with Gasteiger partial charge in [0.2, 0.25) is 0 Å². The summed E-state index contributed by atoms with van der Waals surface area (Å²) in [4.78, 5) is 17.2. The zero-order valence-electron chi connectivity index (χ0n) is 15.1. The Balaban J connectivity index is 1.98. The minimum Gasteiger partial charge on any atom is -0.381 e. The summed E-state index contributed by atoms with van der Waals surface area (Å²) in [6, 6.07) is 6.56. The van der Waals surface area contributed by atoms with Gasteiger partial charge < -0.3 is 15.0 Å². The maximum Gasteiger partial charge on any atom is 0.269 e. The maximum atomic E-state index is 10.7. The second-order valence-corrected chi connectivity index (χ2v) is 6.45. The number of guanidine groups is 1. The van der Waals surface area contributed by atoms with Crippen molar-refractivity contribution in [1.82, 2.24) is 10.2 Å². The molecule has 0 radical (unpaired) electrons. The molecule has 2 rings (SSSR count). The van der Waals surface area contributed by atoms with E-state index in [9.17, 15) is 10.1 Å². The van der Waals surface area contributed by atoms with E-state index in [2.05, 4.69) is 17.1 Å². The number of benzene rings is 1. The van der Waals surface area contributed by atoms with E-state index in [0.717, 1.165) is 57.1 Å². The predicted octanol–water partition coefficient (Wildman–Crippen LogP) is 2.81. The summed E-state index contributed by atoms with van der Waals surface area (Å²) in [6.45, 7) is 6.12. The fourth-order valence-electron chi connectivity index (χ4n) is 2.68. The Bertz CT molecular complexity index is 568. The number of nitro groups is 1. The molecular weight excluding hydrogens is 320 g/mol. The number of unbranched alkanes of at least 4 members (excludes halogenated alkanes) is 1. The lowest BCUT2D eigenvalue weighted by Crippen LogP contribution is -2.41. The lowest BCUT2D eigenvalue weighted by atomic mass is 10.1. The highest BCUT2D eigenvalue weighted by Crippen LogP contribution is 2.13. The molecule has 1 fully saturated rings. The van der Waals surface area contributed by atoms with Crippen LogP contribution in [0.1, 0.15) is 31.7 Å². The molecule has 1 aliphatic heterocycles. The highest BCUT2D eigenvalue weighted by atomic mass is 16.6. The zero-order valence-corrected chi connectivity index (χ0v) is 15.1. The summed E-state index contributed by atoms with van der Waals surface area (Å²) < 4.78 is 5.43. The number of non-ortho nitro benzene ring substituents is 1. The number of nitro benzene ring substituents is 1. The maximum absolute atomic E-state index is 10.7. The molecule has 1 saturated heterocycles. The largest absolute Gasteiger partial charge is 0.381 e. The Morgan fingerprint density at radius 3 is 2.80 bits per heavy atom. The van der Waals surface area contributed by atoms with Gasteiger partial charge >= 0.3 is 0 Å². The second kappa shape index (κ2) is 9.98. The van der Waals surface area contributed by atoms with Crippen LogP contribution in [0.25, 0.3) is 0 Å². The molecule has 0 saturated carbocycles. The number of nitrogens with one attached hydrogen (secondary N) is 1. The molecule has 0 spiro atoms. The first-order valence-corrected chi connectivity index (χ1v) is 8.90. The van der Waals surface area contributed by atoms with Gasteiger partial charge in [-0.25, -0.2) is 4.99 Å². The van der Waals surface area contributed by atoms with E-state index in [1.807, 2.05) is 7.05 Å². The Hall–Kier alpha value is -2.15. The Kier molecular flexibility index (Phi) is 7.66. The second-order valence-electron chi connectivity index (χ2n) is 6.45. The van der Waals surface area contributed by atoms with Gasteiger partial charge in [-0.2, -0.15) is 0 Å². The van der Waals surface area contributed by atoms with Crippen molar-refractivity contribution in [3.63, 3.8) is 0 Å². The molecule has 1 atom stereocenters. The molecule has 1 unspecified atom stereocenters. The SMILES string of the molecule is CCCCN(C)C(=NCc1ccc([N+](=O)[O-])cc1)NCC1CCOC1. The van der Waals surface area contributed by atoms with Crippen LogP contribution in [0, 0.1) is 16.0 Å². The molecule has 25 heavy (non-hydrogen) atoms. The molecule has 1 aromatic rings. The fourth-order valence-corrected chi connectivity index (χ4v) is 2.68. The minimum atomic E-state index is -0.387. The van der Waals surface area contributed by atoms with Crippen molar-refractivity contribution in [3.05, 3.63) is 39.9 Å². The molecule has 0 aliphatic carbocycles. The smallest absolute Gasteiger partial charge is 0.269 e. The first-order valence-electron chi connectivity index (χ1n) is 8.90. The average molecular weight is 348 g/mol. The van der Waals surface area contributed by atoms with Gasteiger partial charge in [-0.15, -0.1) is 0 Å². The monoisotopic (exact) mass is 348 g/mol. The van der Waals surface area contributed by atoms with E-state index in [1.54, 1.807) is 12.1 Å². The minimum absolute atomic E-state index is 0.104. The third-order valence-corrected chi connectivity index (χ3v) is 4.34. The van der Waals surface area contributed by atoms with Gasteiger partial charge in [-0.05, 0) is 18.4 Å². The summed E-state index contributed by atoms with van der Waals surface area (Å²) >= 11 is 0. The van der Waals surface area contributed by atoms with Gasteiger partial charge in [0.15, 0.2) is 5.96 Å². The normalized spacial score (nSPS) is 17.5. The Morgan fingerprint density at radius 2 is 2.20 bits per heavy atom. The van der Waals surface area contributed by atoms with Crippen molar-refractivity contribution >= 4 is 11.6 Å². The van der Waals surface area contributed by atoms with Gasteiger partial charge in [0.25, 0.3) is 5.69 Å². The highest BCUT2D eigenvalue weighted by Gasteiger charge is 2.16. The van der Waals surface area contributed by atoms with Crippen LogP contribution in [-0.2, 0) is 11.3 Å². The number of hydrogen-bond donors (Lipinski definition) is 1. The van der Waals surface area contributed by atoms with Crippen molar-refractivity contribution < 1.29 is 9.66 Å². The number of rotatable bonds is 8. The number of nitrogens with zero attached hydrogens (tertiary/aromatic N) is 3. The first kappa shape index (κ1) is 19.2. The molecule has 138 valence electrons.